The summed E-state index contributed by atoms with van der Waals surface area (Å²) in [5.41, 5.74) is 0.463. The number of rotatable bonds is 6. The van der Waals surface area contributed by atoms with Crippen LogP contribution in [0.3, 0.4) is 0 Å². The molecule has 0 radical (unpaired) electrons. The zero-order valence-electron chi connectivity index (χ0n) is 13.2. The smallest absolute Gasteiger partial charge is 0.191 e. The Kier molecular flexibility index (Phi) is 5.98. The number of hydrogen-bond acceptors (Lipinski definition) is 4. The van der Waals surface area contributed by atoms with Crippen LogP contribution in [0, 0.1) is 5.82 Å². The van der Waals surface area contributed by atoms with Crippen LogP contribution in [0.1, 0.15) is 11.4 Å². The van der Waals surface area contributed by atoms with E-state index >= 15 is 0 Å². The summed E-state index contributed by atoms with van der Waals surface area (Å²) < 4.78 is 22.4. The van der Waals surface area contributed by atoms with E-state index < -0.39 is 0 Å². The van der Waals surface area contributed by atoms with Crippen molar-refractivity contribution in [2.24, 2.45) is 7.05 Å². The summed E-state index contributed by atoms with van der Waals surface area (Å²) in [6.45, 7) is 0.298. The topological polar surface area (TPSA) is 39.9 Å². The van der Waals surface area contributed by atoms with Gasteiger partial charge in [0.15, 0.2) is 11.0 Å². The van der Waals surface area contributed by atoms with Crippen molar-refractivity contribution in [1.82, 2.24) is 14.8 Å². The largest absolute Gasteiger partial charge is 0.486 e. The first kappa shape index (κ1) is 18.2. The highest BCUT2D eigenvalue weighted by Gasteiger charge is 2.13. The van der Waals surface area contributed by atoms with Gasteiger partial charge in [0.2, 0.25) is 0 Å². The molecule has 0 bridgehead atoms. The fraction of sp³-hybridized carbons (Fsp3) is 0.176. The van der Waals surface area contributed by atoms with Gasteiger partial charge in [0.25, 0.3) is 0 Å². The average Bonchev–Trinajstić information content (AvgIpc) is 2.94. The summed E-state index contributed by atoms with van der Waals surface area (Å²) in [6, 6.07) is 12.2. The average molecular weight is 443 g/mol. The van der Waals surface area contributed by atoms with Crippen LogP contribution in [0.15, 0.2) is 52.1 Å². The van der Waals surface area contributed by atoms with Crippen molar-refractivity contribution in [1.29, 1.82) is 0 Å². The molecule has 1 heterocycles. The SMILES string of the molecule is Cn1c(COc2ccc(Br)cc2)nnc1SCc1c(F)cccc1Cl. The molecule has 0 saturated carbocycles. The number of halogens is 3. The van der Waals surface area contributed by atoms with Gasteiger partial charge in [-0.05, 0) is 36.4 Å². The number of nitrogens with zero attached hydrogens (tertiary/aromatic N) is 3. The summed E-state index contributed by atoms with van der Waals surface area (Å²) in [5, 5.41) is 9.36. The summed E-state index contributed by atoms with van der Waals surface area (Å²) in [5.74, 6) is 1.50. The molecule has 130 valence electrons. The highest BCUT2D eigenvalue weighted by Crippen LogP contribution is 2.27. The lowest BCUT2D eigenvalue weighted by molar-refractivity contribution is 0.290. The van der Waals surface area contributed by atoms with Crippen molar-refractivity contribution in [2.45, 2.75) is 17.5 Å². The van der Waals surface area contributed by atoms with Crippen molar-refractivity contribution in [2.75, 3.05) is 0 Å². The molecule has 0 aliphatic rings. The lowest BCUT2D eigenvalue weighted by Crippen LogP contribution is -2.04. The van der Waals surface area contributed by atoms with Crippen molar-refractivity contribution < 1.29 is 9.13 Å². The summed E-state index contributed by atoms with van der Waals surface area (Å²) in [4.78, 5) is 0. The molecule has 0 amide bonds. The van der Waals surface area contributed by atoms with Gasteiger partial charge in [0.05, 0.1) is 0 Å². The Labute approximate surface area is 162 Å². The Bertz CT molecular complexity index is 853. The van der Waals surface area contributed by atoms with E-state index in [9.17, 15) is 4.39 Å². The van der Waals surface area contributed by atoms with Gasteiger partial charge in [-0.15, -0.1) is 10.2 Å². The lowest BCUT2D eigenvalue weighted by Gasteiger charge is -2.07. The highest BCUT2D eigenvalue weighted by atomic mass is 79.9. The Hall–Kier alpha value is -1.57. The van der Waals surface area contributed by atoms with Crippen LogP contribution in [0.5, 0.6) is 5.75 Å². The van der Waals surface area contributed by atoms with Gasteiger partial charge in [-0.3, -0.25) is 0 Å². The minimum Gasteiger partial charge on any atom is -0.486 e. The second-order valence-corrected chi connectivity index (χ2v) is 7.45. The summed E-state index contributed by atoms with van der Waals surface area (Å²) in [6.07, 6.45) is 0. The van der Waals surface area contributed by atoms with Crippen LogP contribution in [0.25, 0.3) is 0 Å². The molecule has 4 nitrogen and oxygen atoms in total. The van der Waals surface area contributed by atoms with Gasteiger partial charge < -0.3 is 9.30 Å². The van der Waals surface area contributed by atoms with Gasteiger partial charge in [0, 0.05) is 27.9 Å². The molecular formula is C17H14BrClFN3OS. The zero-order valence-corrected chi connectivity index (χ0v) is 16.4. The minimum absolute atomic E-state index is 0.298. The van der Waals surface area contributed by atoms with Gasteiger partial charge in [-0.25, -0.2) is 4.39 Å². The molecule has 3 aromatic rings. The third-order valence-corrected chi connectivity index (χ3v) is 5.44. The Morgan fingerprint density at radius 3 is 2.68 bits per heavy atom. The molecule has 0 saturated heterocycles. The number of aromatic nitrogens is 3. The van der Waals surface area contributed by atoms with Gasteiger partial charge in [-0.1, -0.05) is 45.4 Å². The maximum absolute atomic E-state index is 13.8. The molecule has 3 rings (SSSR count). The van der Waals surface area contributed by atoms with Gasteiger partial charge in [0.1, 0.15) is 18.2 Å². The number of benzene rings is 2. The monoisotopic (exact) mass is 441 g/mol. The maximum atomic E-state index is 13.8. The number of thioether (sulfide) groups is 1. The van der Waals surface area contributed by atoms with Crippen LogP contribution in [-0.4, -0.2) is 14.8 Å². The minimum atomic E-state index is -0.319. The van der Waals surface area contributed by atoms with Crippen molar-refractivity contribution in [3.05, 3.63) is 69.2 Å². The molecule has 25 heavy (non-hydrogen) atoms. The van der Waals surface area contributed by atoms with Crippen molar-refractivity contribution in [3.8, 4) is 5.75 Å². The van der Waals surface area contributed by atoms with Crippen LogP contribution >= 0.6 is 39.3 Å². The molecule has 1 aromatic heterocycles. The summed E-state index contributed by atoms with van der Waals surface area (Å²) in [7, 11) is 1.85. The normalized spacial score (nSPS) is 10.9. The zero-order chi connectivity index (χ0) is 17.8. The van der Waals surface area contributed by atoms with E-state index in [0.717, 1.165) is 10.2 Å². The standard InChI is InChI=1S/C17H14BrClFN3OS/c1-23-16(9-24-12-7-5-11(18)6-8-12)21-22-17(23)25-10-13-14(19)3-2-4-15(13)20/h2-8H,9-10H2,1H3. The fourth-order valence-electron chi connectivity index (χ4n) is 2.08. The van der Waals surface area contributed by atoms with Crippen LogP contribution in [0.4, 0.5) is 4.39 Å². The molecule has 8 heteroatoms. The fourth-order valence-corrected chi connectivity index (χ4v) is 3.62. The molecule has 0 aliphatic heterocycles. The Morgan fingerprint density at radius 1 is 1.20 bits per heavy atom. The van der Waals surface area contributed by atoms with E-state index in [1.165, 1.54) is 17.8 Å². The first-order chi connectivity index (χ1) is 12.0. The van der Waals surface area contributed by atoms with E-state index in [1.807, 2.05) is 35.9 Å². The molecule has 0 N–H and O–H groups in total. The molecule has 0 aliphatic carbocycles. The van der Waals surface area contributed by atoms with Gasteiger partial charge in [-0.2, -0.15) is 0 Å². The molecule has 2 aromatic carbocycles. The third kappa shape index (κ3) is 4.54. The predicted octanol–water partition coefficient (Wildman–Crippen LogP) is 5.24. The van der Waals surface area contributed by atoms with Gasteiger partial charge >= 0.3 is 0 Å². The lowest BCUT2D eigenvalue weighted by atomic mass is 10.2. The summed E-state index contributed by atoms with van der Waals surface area (Å²) >= 11 is 10.8. The predicted molar refractivity (Wildman–Crippen MR) is 100 cm³/mol. The van der Waals surface area contributed by atoms with Crippen molar-refractivity contribution in [3.63, 3.8) is 0 Å². The van der Waals surface area contributed by atoms with E-state index in [-0.39, 0.29) is 5.82 Å². The first-order valence-corrected chi connectivity index (χ1v) is 9.52. The van der Waals surface area contributed by atoms with E-state index in [0.29, 0.717) is 33.9 Å². The van der Waals surface area contributed by atoms with Crippen LogP contribution in [0.2, 0.25) is 5.02 Å². The second-order valence-electron chi connectivity index (χ2n) is 5.19. The quantitative estimate of drug-likeness (QED) is 0.489. The van der Waals surface area contributed by atoms with E-state index in [1.54, 1.807) is 12.1 Å². The molecule has 0 spiro atoms. The molecule has 0 atom stereocenters. The maximum Gasteiger partial charge on any atom is 0.191 e. The Balaban J connectivity index is 1.64. The molecular weight excluding hydrogens is 429 g/mol. The number of hydrogen-bond donors (Lipinski definition) is 0. The number of ether oxygens (including phenoxy) is 1. The van der Waals surface area contributed by atoms with E-state index in [2.05, 4.69) is 26.1 Å². The van der Waals surface area contributed by atoms with Crippen LogP contribution < -0.4 is 4.74 Å². The van der Waals surface area contributed by atoms with Crippen LogP contribution in [-0.2, 0) is 19.4 Å². The first-order valence-electron chi connectivity index (χ1n) is 7.37. The Morgan fingerprint density at radius 2 is 1.96 bits per heavy atom. The second kappa shape index (κ2) is 8.21. The third-order valence-electron chi connectivity index (χ3n) is 3.51. The van der Waals surface area contributed by atoms with Crippen molar-refractivity contribution >= 4 is 39.3 Å². The molecule has 0 fully saturated rings. The molecule has 0 unspecified atom stereocenters. The highest BCUT2D eigenvalue weighted by molar-refractivity contribution is 9.10. The van der Waals surface area contributed by atoms with E-state index in [4.69, 9.17) is 16.3 Å².